The summed E-state index contributed by atoms with van der Waals surface area (Å²) in [7, 11) is 0. The molecule has 1 aliphatic rings. The molecule has 1 fully saturated rings. The van der Waals surface area contributed by atoms with Gasteiger partial charge in [0.05, 0.1) is 0 Å². The smallest absolute Gasteiger partial charge is 0.303 e. The number of carbonyl (C=O) groups is 1. The van der Waals surface area contributed by atoms with Crippen molar-refractivity contribution in [1.82, 2.24) is 0 Å². The van der Waals surface area contributed by atoms with Crippen molar-refractivity contribution >= 4 is 33.7 Å². The number of halogens is 1. The number of thioether (sulfide) groups is 1. The zero-order valence-electron chi connectivity index (χ0n) is 10.6. The van der Waals surface area contributed by atoms with Crippen LogP contribution in [0.5, 0.6) is 0 Å². The van der Waals surface area contributed by atoms with Crippen LogP contribution in [-0.4, -0.2) is 22.6 Å². The van der Waals surface area contributed by atoms with Gasteiger partial charge >= 0.3 is 5.97 Å². The van der Waals surface area contributed by atoms with Gasteiger partial charge < -0.3 is 10.8 Å². The fourth-order valence-electron chi connectivity index (χ4n) is 2.33. The number of nitrogens with two attached hydrogens (primary N) is 1. The molecule has 19 heavy (non-hydrogen) atoms. The maximum Gasteiger partial charge on any atom is 0.303 e. The lowest BCUT2D eigenvalue weighted by atomic mass is 9.95. The summed E-state index contributed by atoms with van der Waals surface area (Å²) < 4.78 is 1.10. The Labute approximate surface area is 126 Å². The van der Waals surface area contributed by atoms with Crippen molar-refractivity contribution in [3.8, 4) is 0 Å². The van der Waals surface area contributed by atoms with Crippen molar-refractivity contribution in [3.63, 3.8) is 0 Å². The first kappa shape index (κ1) is 14.9. The number of benzene rings is 1. The molecule has 0 aromatic heterocycles. The van der Waals surface area contributed by atoms with E-state index in [1.807, 2.05) is 23.9 Å². The number of aliphatic carboxylic acids is 1. The molecule has 0 radical (unpaired) electrons. The Morgan fingerprint density at radius 2 is 2.37 bits per heavy atom. The fourth-order valence-corrected chi connectivity index (χ4v) is 4.30. The summed E-state index contributed by atoms with van der Waals surface area (Å²) in [6.45, 7) is 0. The molecule has 0 amide bonds. The summed E-state index contributed by atoms with van der Waals surface area (Å²) in [5.74, 6) is 2.25. The average Bonchev–Trinajstić information content (AvgIpc) is 2.89. The minimum Gasteiger partial charge on any atom is -0.481 e. The second kappa shape index (κ2) is 6.77. The molecule has 0 spiro atoms. The maximum atomic E-state index is 10.6. The average molecular weight is 344 g/mol. The van der Waals surface area contributed by atoms with Gasteiger partial charge in [-0.15, -0.1) is 0 Å². The molecule has 1 aromatic rings. The summed E-state index contributed by atoms with van der Waals surface area (Å²) >= 11 is 5.62. The lowest BCUT2D eigenvalue weighted by Crippen LogP contribution is -2.12. The topological polar surface area (TPSA) is 63.3 Å². The molecule has 3 nitrogen and oxygen atoms in total. The predicted molar refractivity (Wildman–Crippen MR) is 82.6 cm³/mol. The second-order valence-electron chi connectivity index (χ2n) is 4.88. The van der Waals surface area contributed by atoms with Gasteiger partial charge in [-0.05, 0) is 41.7 Å². The number of hydrogen-bond donors (Lipinski definition) is 2. The van der Waals surface area contributed by atoms with Gasteiger partial charge in [-0.25, -0.2) is 0 Å². The Hall–Kier alpha value is -0.520. The Bertz CT molecular complexity index is 461. The normalized spacial score (nSPS) is 20.4. The first-order valence-electron chi connectivity index (χ1n) is 6.42. The number of hydrogen-bond acceptors (Lipinski definition) is 3. The summed E-state index contributed by atoms with van der Waals surface area (Å²) in [4.78, 5) is 10.6. The Kier molecular flexibility index (Phi) is 5.30. The molecular weight excluding hydrogens is 326 g/mol. The molecule has 2 atom stereocenters. The summed E-state index contributed by atoms with van der Waals surface area (Å²) in [6.07, 6.45) is 1.81. The molecule has 5 heteroatoms. The highest BCUT2D eigenvalue weighted by molar-refractivity contribution is 9.10. The van der Waals surface area contributed by atoms with Crippen LogP contribution in [0.1, 0.15) is 42.3 Å². The first-order valence-corrected chi connectivity index (χ1v) is 8.37. The van der Waals surface area contributed by atoms with Gasteiger partial charge in [0, 0.05) is 22.7 Å². The standard InChI is InChI=1S/C14H18BrNO2S/c15-12-7-9(13(16)3-4-14(17)18)1-2-11(12)10-5-6-19-8-10/h1-2,7,10,13H,3-6,8,16H2,(H,17,18). The highest BCUT2D eigenvalue weighted by atomic mass is 79.9. The molecule has 1 heterocycles. The van der Waals surface area contributed by atoms with Crippen LogP contribution in [0.25, 0.3) is 0 Å². The molecule has 104 valence electrons. The van der Waals surface area contributed by atoms with Gasteiger partial charge in [-0.1, -0.05) is 28.1 Å². The van der Waals surface area contributed by atoms with E-state index < -0.39 is 5.97 Å². The van der Waals surface area contributed by atoms with Crippen molar-refractivity contribution in [3.05, 3.63) is 33.8 Å². The molecule has 0 bridgehead atoms. The quantitative estimate of drug-likeness (QED) is 0.858. The van der Waals surface area contributed by atoms with E-state index in [0.29, 0.717) is 12.3 Å². The van der Waals surface area contributed by atoms with Crippen molar-refractivity contribution in [2.45, 2.75) is 31.2 Å². The van der Waals surface area contributed by atoms with Crippen LogP contribution in [0.15, 0.2) is 22.7 Å². The molecule has 1 aromatic carbocycles. The van der Waals surface area contributed by atoms with Gasteiger partial charge in [0.2, 0.25) is 0 Å². The molecule has 1 saturated heterocycles. The fraction of sp³-hybridized carbons (Fsp3) is 0.500. The summed E-state index contributed by atoms with van der Waals surface area (Å²) in [6, 6.07) is 6.01. The lowest BCUT2D eigenvalue weighted by Gasteiger charge is -2.16. The SMILES string of the molecule is NC(CCC(=O)O)c1ccc(C2CCSC2)c(Br)c1. The molecule has 2 unspecified atom stereocenters. The first-order chi connectivity index (χ1) is 9.08. The van der Waals surface area contributed by atoms with Crippen LogP contribution >= 0.6 is 27.7 Å². The summed E-state index contributed by atoms with van der Waals surface area (Å²) in [5, 5.41) is 8.68. The van der Waals surface area contributed by atoms with Crippen LogP contribution in [0.4, 0.5) is 0 Å². The molecule has 1 aliphatic heterocycles. The van der Waals surface area contributed by atoms with Crippen molar-refractivity contribution in [2.24, 2.45) is 5.73 Å². The number of rotatable bonds is 5. The second-order valence-corrected chi connectivity index (χ2v) is 6.88. The third-order valence-electron chi connectivity index (χ3n) is 3.49. The van der Waals surface area contributed by atoms with Gasteiger partial charge in [-0.3, -0.25) is 4.79 Å². The van der Waals surface area contributed by atoms with Gasteiger partial charge in [0.1, 0.15) is 0 Å². The molecular formula is C14H18BrNO2S. The van der Waals surface area contributed by atoms with Crippen LogP contribution in [0.3, 0.4) is 0 Å². The lowest BCUT2D eigenvalue weighted by molar-refractivity contribution is -0.137. The molecule has 0 aliphatic carbocycles. The monoisotopic (exact) mass is 343 g/mol. The van der Waals surface area contributed by atoms with Crippen molar-refractivity contribution < 1.29 is 9.90 Å². The highest BCUT2D eigenvalue weighted by Gasteiger charge is 2.20. The van der Waals surface area contributed by atoms with Crippen LogP contribution in [0, 0.1) is 0 Å². The largest absolute Gasteiger partial charge is 0.481 e. The maximum absolute atomic E-state index is 10.6. The van der Waals surface area contributed by atoms with Crippen LogP contribution < -0.4 is 5.73 Å². The van der Waals surface area contributed by atoms with Crippen LogP contribution in [0.2, 0.25) is 0 Å². The van der Waals surface area contributed by atoms with E-state index in [0.717, 1.165) is 10.0 Å². The van der Waals surface area contributed by atoms with Crippen molar-refractivity contribution in [1.29, 1.82) is 0 Å². The number of carboxylic acid groups (broad SMARTS) is 1. The third kappa shape index (κ3) is 3.97. The van der Waals surface area contributed by atoms with E-state index in [2.05, 4.69) is 22.0 Å². The Morgan fingerprint density at radius 1 is 1.58 bits per heavy atom. The van der Waals surface area contributed by atoms with E-state index in [9.17, 15) is 4.79 Å². The minimum absolute atomic E-state index is 0.111. The van der Waals surface area contributed by atoms with Gasteiger partial charge in [0.15, 0.2) is 0 Å². The minimum atomic E-state index is -0.797. The third-order valence-corrected chi connectivity index (χ3v) is 5.34. The van der Waals surface area contributed by atoms with Crippen molar-refractivity contribution in [2.75, 3.05) is 11.5 Å². The van der Waals surface area contributed by atoms with Gasteiger partial charge in [0.25, 0.3) is 0 Å². The van der Waals surface area contributed by atoms with E-state index in [1.165, 1.54) is 23.5 Å². The van der Waals surface area contributed by atoms with Gasteiger partial charge in [-0.2, -0.15) is 11.8 Å². The van der Waals surface area contributed by atoms with E-state index in [1.54, 1.807) is 0 Å². The Morgan fingerprint density at radius 3 is 2.95 bits per heavy atom. The zero-order chi connectivity index (χ0) is 13.8. The molecule has 0 saturated carbocycles. The number of carboxylic acids is 1. The van der Waals surface area contributed by atoms with Crippen LogP contribution in [-0.2, 0) is 4.79 Å². The molecule has 2 rings (SSSR count). The van der Waals surface area contributed by atoms with E-state index in [4.69, 9.17) is 10.8 Å². The predicted octanol–water partition coefficient (Wildman–Crippen LogP) is 3.53. The Balaban J connectivity index is 2.07. The van der Waals surface area contributed by atoms with E-state index >= 15 is 0 Å². The highest BCUT2D eigenvalue weighted by Crippen LogP contribution is 2.37. The summed E-state index contributed by atoms with van der Waals surface area (Å²) in [5.41, 5.74) is 8.38. The zero-order valence-corrected chi connectivity index (χ0v) is 13.0. The van der Waals surface area contributed by atoms with E-state index in [-0.39, 0.29) is 12.5 Å². The molecule has 3 N–H and O–H groups in total.